The first-order valence-electron chi connectivity index (χ1n) is 7.82. The average Bonchev–Trinajstić information content (AvgIpc) is 3.08. The molecule has 0 unspecified atom stereocenters. The smallest absolute Gasteiger partial charge is 0.257 e. The summed E-state index contributed by atoms with van der Waals surface area (Å²) < 4.78 is 16.5. The van der Waals surface area contributed by atoms with Gasteiger partial charge in [0.2, 0.25) is 0 Å². The summed E-state index contributed by atoms with van der Waals surface area (Å²) in [5, 5.41) is 6.28. The van der Waals surface area contributed by atoms with E-state index in [1.165, 1.54) is 25.6 Å². The highest BCUT2D eigenvalue weighted by Crippen LogP contribution is 2.29. The fourth-order valence-electron chi connectivity index (χ4n) is 2.33. The number of hydrogen-bond acceptors (Lipinski definition) is 7. The quantitative estimate of drug-likeness (QED) is 0.632. The van der Waals surface area contributed by atoms with Gasteiger partial charge in [0.05, 0.1) is 31.5 Å². The van der Waals surface area contributed by atoms with Crippen LogP contribution in [0.25, 0.3) is 10.2 Å². The molecule has 3 rings (SSSR count). The number of nitrogens with one attached hydrogen (secondary N) is 2. The standard InChI is InChI=1S/C18H17N3O4S2/c1-23-11-4-5-14-15(9-11)27-18(19-14)21-17(26)20-16(22)10-6-12(24-2)8-13(7-10)25-3/h4-9H,1-3H3,(H2,19,20,21,22,26). The third-order valence-corrected chi connectivity index (χ3v) is 4.79. The molecule has 2 aromatic carbocycles. The summed E-state index contributed by atoms with van der Waals surface area (Å²) in [6.45, 7) is 0. The number of fused-ring (bicyclic) bond motifs is 1. The highest BCUT2D eigenvalue weighted by atomic mass is 32.1. The maximum Gasteiger partial charge on any atom is 0.257 e. The minimum atomic E-state index is -0.382. The van der Waals surface area contributed by atoms with Crippen LogP contribution in [0, 0.1) is 0 Å². The predicted octanol–water partition coefficient (Wildman–Crippen LogP) is 3.45. The van der Waals surface area contributed by atoms with Crippen LogP contribution in [0.4, 0.5) is 5.13 Å². The van der Waals surface area contributed by atoms with E-state index in [0.717, 1.165) is 16.0 Å². The fraction of sp³-hybridized carbons (Fsp3) is 0.167. The van der Waals surface area contributed by atoms with E-state index in [9.17, 15) is 4.79 Å². The molecule has 9 heteroatoms. The lowest BCUT2D eigenvalue weighted by atomic mass is 10.2. The van der Waals surface area contributed by atoms with Gasteiger partial charge in [0.25, 0.3) is 5.91 Å². The Morgan fingerprint density at radius 3 is 2.30 bits per heavy atom. The maximum atomic E-state index is 12.5. The molecule has 3 aromatic rings. The topological polar surface area (TPSA) is 81.7 Å². The number of benzene rings is 2. The molecule has 1 amide bonds. The molecule has 0 aliphatic carbocycles. The molecule has 0 aliphatic rings. The summed E-state index contributed by atoms with van der Waals surface area (Å²) in [5.74, 6) is 1.39. The lowest BCUT2D eigenvalue weighted by Crippen LogP contribution is -2.34. The Morgan fingerprint density at radius 2 is 1.67 bits per heavy atom. The molecule has 27 heavy (non-hydrogen) atoms. The summed E-state index contributed by atoms with van der Waals surface area (Å²) in [7, 11) is 4.65. The Labute approximate surface area is 165 Å². The lowest BCUT2D eigenvalue weighted by molar-refractivity contribution is 0.0977. The van der Waals surface area contributed by atoms with Crippen molar-refractivity contribution in [3.05, 3.63) is 42.0 Å². The van der Waals surface area contributed by atoms with Gasteiger partial charge in [-0.05, 0) is 42.5 Å². The van der Waals surface area contributed by atoms with E-state index in [-0.39, 0.29) is 11.0 Å². The van der Waals surface area contributed by atoms with Crippen molar-refractivity contribution in [2.75, 3.05) is 26.6 Å². The van der Waals surface area contributed by atoms with Gasteiger partial charge in [-0.2, -0.15) is 0 Å². The van der Waals surface area contributed by atoms with Crippen molar-refractivity contribution in [3.8, 4) is 17.2 Å². The monoisotopic (exact) mass is 403 g/mol. The number of rotatable bonds is 5. The Morgan fingerprint density at radius 1 is 1.00 bits per heavy atom. The molecule has 1 heterocycles. The molecule has 0 aliphatic heterocycles. The van der Waals surface area contributed by atoms with Crippen molar-refractivity contribution < 1.29 is 19.0 Å². The number of carbonyl (C=O) groups excluding carboxylic acids is 1. The molecule has 0 saturated heterocycles. The van der Waals surface area contributed by atoms with Crippen molar-refractivity contribution in [2.45, 2.75) is 0 Å². The maximum absolute atomic E-state index is 12.5. The summed E-state index contributed by atoms with van der Waals surface area (Å²) in [6.07, 6.45) is 0. The summed E-state index contributed by atoms with van der Waals surface area (Å²) >= 11 is 6.63. The average molecular weight is 403 g/mol. The normalized spacial score (nSPS) is 10.3. The number of methoxy groups -OCH3 is 3. The number of thiazole rings is 1. The van der Waals surface area contributed by atoms with Crippen LogP contribution >= 0.6 is 23.6 Å². The lowest BCUT2D eigenvalue weighted by Gasteiger charge is -2.10. The summed E-state index contributed by atoms with van der Waals surface area (Å²) in [6, 6.07) is 10.5. The Bertz CT molecular complexity index is 981. The van der Waals surface area contributed by atoms with Gasteiger partial charge in [0.15, 0.2) is 10.2 Å². The zero-order valence-electron chi connectivity index (χ0n) is 14.9. The molecular weight excluding hydrogens is 386 g/mol. The Hall–Kier alpha value is -2.91. The minimum Gasteiger partial charge on any atom is -0.497 e. The molecule has 0 spiro atoms. The summed E-state index contributed by atoms with van der Waals surface area (Å²) in [4.78, 5) is 16.9. The van der Waals surface area contributed by atoms with Crippen molar-refractivity contribution in [1.29, 1.82) is 0 Å². The molecule has 0 saturated carbocycles. The zero-order valence-corrected chi connectivity index (χ0v) is 16.5. The largest absolute Gasteiger partial charge is 0.497 e. The van der Waals surface area contributed by atoms with Gasteiger partial charge in [0, 0.05) is 11.6 Å². The van der Waals surface area contributed by atoms with Crippen molar-refractivity contribution >= 4 is 49.9 Å². The van der Waals surface area contributed by atoms with Crippen LogP contribution in [0.2, 0.25) is 0 Å². The first-order valence-corrected chi connectivity index (χ1v) is 9.05. The minimum absolute atomic E-state index is 0.146. The van der Waals surface area contributed by atoms with Gasteiger partial charge >= 0.3 is 0 Å². The Balaban J connectivity index is 1.71. The highest BCUT2D eigenvalue weighted by molar-refractivity contribution is 7.80. The SMILES string of the molecule is COc1cc(OC)cc(C(=O)NC(=S)Nc2nc3ccc(OC)cc3s2)c1. The molecule has 7 nitrogen and oxygen atoms in total. The van der Waals surface area contributed by atoms with Crippen molar-refractivity contribution in [1.82, 2.24) is 10.3 Å². The number of carbonyl (C=O) groups is 1. The van der Waals surface area contributed by atoms with Gasteiger partial charge in [-0.1, -0.05) is 11.3 Å². The van der Waals surface area contributed by atoms with Crippen molar-refractivity contribution in [3.63, 3.8) is 0 Å². The molecular formula is C18H17N3O4S2. The predicted molar refractivity (Wildman–Crippen MR) is 109 cm³/mol. The van der Waals surface area contributed by atoms with Gasteiger partial charge in [0.1, 0.15) is 17.2 Å². The third kappa shape index (κ3) is 4.44. The highest BCUT2D eigenvalue weighted by Gasteiger charge is 2.13. The van der Waals surface area contributed by atoms with E-state index >= 15 is 0 Å². The first-order chi connectivity index (χ1) is 13.0. The van der Waals surface area contributed by atoms with Crippen LogP contribution in [0.3, 0.4) is 0 Å². The molecule has 140 valence electrons. The second-order valence-electron chi connectivity index (χ2n) is 5.36. The van der Waals surface area contributed by atoms with E-state index in [4.69, 9.17) is 26.4 Å². The molecule has 2 N–H and O–H groups in total. The van der Waals surface area contributed by atoms with Crippen LogP contribution in [-0.4, -0.2) is 37.3 Å². The van der Waals surface area contributed by atoms with E-state index in [1.807, 2.05) is 18.2 Å². The number of amides is 1. The third-order valence-electron chi connectivity index (χ3n) is 3.66. The molecule has 1 aromatic heterocycles. The van der Waals surface area contributed by atoms with Crippen LogP contribution in [-0.2, 0) is 0 Å². The van der Waals surface area contributed by atoms with Crippen LogP contribution in [0.15, 0.2) is 36.4 Å². The van der Waals surface area contributed by atoms with Crippen LogP contribution < -0.4 is 24.8 Å². The number of hydrogen-bond donors (Lipinski definition) is 2. The molecule has 0 radical (unpaired) electrons. The molecule has 0 atom stereocenters. The van der Waals surface area contributed by atoms with Gasteiger partial charge in [-0.3, -0.25) is 10.1 Å². The Kier molecular flexibility index (Phi) is 5.72. The van der Waals surface area contributed by atoms with E-state index in [0.29, 0.717) is 22.2 Å². The number of anilines is 1. The van der Waals surface area contributed by atoms with Crippen molar-refractivity contribution in [2.24, 2.45) is 0 Å². The zero-order chi connectivity index (χ0) is 19.4. The number of thiocarbonyl (C=S) groups is 1. The second kappa shape index (κ2) is 8.19. The fourth-order valence-corrected chi connectivity index (χ4v) is 3.48. The van der Waals surface area contributed by atoms with Gasteiger partial charge < -0.3 is 19.5 Å². The second-order valence-corrected chi connectivity index (χ2v) is 6.80. The van der Waals surface area contributed by atoms with Gasteiger partial charge in [-0.15, -0.1) is 0 Å². The van der Waals surface area contributed by atoms with E-state index < -0.39 is 0 Å². The van der Waals surface area contributed by atoms with Gasteiger partial charge in [-0.25, -0.2) is 4.98 Å². The molecule has 0 fully saturated rings. The first kappa shape index (κ1) is 18.9. The summed E-state index contributed by atoms with van der Waals surface area (Å²) in [5.41, 5.74) is 1.18. The molecule has 0 bridgehead atoms. The number of nitrogens with zero attached hydrogens (tertiary/aromatic N) is 1. The number of ether oxygens (including phenoxy) is 3. The van der Waals surface area contributed by atoms with E-state index in [2.05, 4.69) is 15.6 Å². The van der Waals surface area contributed by atoms with Crippen LogP contribution in [0.1, 0.15) is 10.4 Å². The number of aromatic nitrogens is 1. The van der Waals surface area contributed by atoms with Crippen LogP contribution in [0.5, 0.6) is 17.2 Å². The van der Waals surface area contributed by atoms with E-state index in [1.54, 1.807) is 25.3 Å².